The number of carbonyl (C=O) groups is 3. The smallest absolute Gasteiger partial charge is 0.272 e. The lowest BCUT2D eigenvalue weighted by Gasteiger charge is -2.14. The van der Waals surface area contributed by atoms with Gasteiger partial charge in [0.2, 0.25) is 5.91 Å². The molecule has 3 amide bonds. The van der Waals surface area contributed by atoms with Gasteiger partial charge in [0.15, 0.2) is 0 Å². The normalized spacial score (nSPS) is 12.0. The molecule has 6 nitrogen and oxygen atoms in total. The first kappa shape index (κ1) is 31.1. The van der Waals surface area contributed by atoms with Crippen LogP contribution in [0.2, 0.25) is 0 Å². The number of anilines is 2. The van der Waals surface area contributed by atoms with Crippen molar-refractivity contribution in [3.05, 3.63) is 129 Å². The number of carbonyl (C=O) groups excluding carboxylic acids is 3. The molecule has 4 aromatic carbocycles. The second-order valence-electron chi connectivity index (χ2n) is 9.94. The van der Waals surface area contributed by atoms with Crippen molar-refractivity contribution in [2.45, 2.75) is 36.8 Å². The van der Waals surface area contributed by atoms with Gasteiger partial charge in [0, 0.05) is 25.4 Å². The van der Waals surface area contributed by atoms with Crippen molar-refractivity contribution in [3.63, 3.8) is 0 Å². The Bertz CT molecular complexity index is 1570. The highest BCUT2D eigenvalue weighted by Gasteiger charge is 2.17. The molecule has 42 heavy (non-hydrogen) atoms. The third-order valence-corrected chi connectivity index (χ3v) is 8.14. The third kappa shape index (κ3) is 9.06. The summed E-state index contributed by atoms with van der Waals surface area (Å²) in [5.41, 5.74) is 3.82. The second-order valence-corrected chi connectivity index (χ2v) is 12.6. The zero-order valence-corrected chi connectivity index (χ0v) is 26.5. The van der Waals surface area contributed by atoms with Crippen molar-refractivity contribution in [1.82, 2.24) is 5.32 Å². The van der Waals surface area contributed by atoms with Gasteiger partial charge in [-0.1, -0.05) is 62.4 Å². The van der Waals surface area contributed by atoms with Crippen LogP contribution >= 0.6 is 34.4 Å². The third-order valence-electron chi connectivity index (χ3n) is 6.33. The summed E-state index contributed by atoms with van der Waals surface area (Å²) in [5.74, 6) is -0.579. The largest absolute Gasteiger partial charge is 0.325 e. The zero-order chi connectivity index (χ0) is 30.1. The van der Waals surface area contributed by atoms with Crippen LogP contribution in [0.15, 0.2) is 114 Å². The van der Waals surface area contributed by atoms with Crippen molar-refractivity contribution in [2.75, 3.05) is 10.6 Å². The molecule has 0 aliphatic heterocycles. The predicted octanol–water partition coefficient (Wildman–Crippen LogP) is 7.94. The fourth-order valence-corrected chi connectivity index (χ4v) is 5.25. The maximum absolute atomic E-state index is 13.5. The minimum Gasteiger partial charge on any atom is -0.325 e. The lowest BCUT2D eigenvalue weighted by Crippen LogP contribution is -2.30. The number of thioether (sulfide) groups is 1. The molecule has 0 saturated carbocycles. The summed E-state index contributed by atoms with van der Waals surface area (Å²) >= 11 is 3.61. The Hall–Kier alpha value is -3.89. The molecule has 0 heterocycles. The fraction of sp³-hybridized carbons (Fsp3) is 0.147. The van der Waals surface area contributed by atoms with Gasteiger partial charge in [-0.25, -0.2) is 0 Å². The standard InChI is InChI=1S/C34H32IN3O3S/c1-22(2)25-14-12-24(13-15-25)20-31(38-33(40)26-8-5-4-6-9-26)34(41)37-29-10-7-11-30(21-29)42-23(3)32(39)36-28-18-16-27(35)17-19-28/h4-23H,1-3H3,(H,36,39)(H,37,41)(H,38,40)/b31-20+. The molecule has 4 aromatic rings. The second kappa shape index (κ2) is 14.8. The van der Waals surface area contributed by atoms with Crippen LogP contribution in [-0.4, -0.2) is 23.0 Å². The van der Waals surface area contributed by atoms with E-state index in [4.69, 9.17) is 0 Å². The molecule has 0 fully saturated rings. The first-order chi connectivity index (χ1) is 20.2. The van der Waals surface area contributed by atoms with E-state index in [1.54, 1.807) is 36.4 Å². The van der Waals surface area contributed by atoms with Crippen molar-refractivity contribution >= 4 is 69.5 Å². The molecule has 0 saturated heterocycles. The van der Waals surface area contributed by atoms with Crippen molar-refractivity contribution in [1.29, 1.82) is 0 Å². The van der Waals surface area contributed by atoms with Gasteiger partial charge >= 0.3 is 0 Å². The summed E-state index contributed by atoms with van der Waals surface area (Å²) < 4.78 is 1.09. The van der Waals surface area contributed by atoms with Gasteiger partial charge in [-0.05, 0) is 107 Å². The van der Waals surface area contributed by atoms with E-state index >= 15 is 0 Å². The van der Waals surface area contributed by atoms with Crippen molar-refractivity contribution in [2.24, 2.45) is 0 Å². The van der Waals surface area contributed by atoms with E-state index in [9.17, 15) is 14.4 Å². The van der Waals surface area contributed by atoms with Gasteiger partial charge in [-0.3, -0.25) is 14.4 Å². The number of hydrogen-bond acceptors (Lipinski definition) is 4. The maximum Gasteiger partial charge on any atom is 0.272 e. The highest BCUT2D eigenvalue weighted by atomic mass is 127. The van der Waals surface area contributed by atoms with Crippen LogP contribution in [0.3, 0.4) is 0 Å². The lowest BCUT2D eigenvalue weighted by molar-refractivity contribution is -0.115. The SMILES string of the molecule is CC(Sc1cccc(NC(=O)/C(=C\c2ccc(C(C)C)cc2)NC(=O)c2ccccc2)c1)C(=O)Nc1ccc(I)cc1. The minimum atomic E-state index is -0.459. The van der Waals surface area contributed by atoms with Crippen LogP contribution < -0.4 is 16.0 Å². The average Bonchev–Trinajstić information content (AvgIpc) is 2.98. The van der Waals surface area contributed by atoms with Crippen LogP contribution in [0.25, 0.3) is 6.08 Å². The fourth-order valence-electron chi connectivity index (χ4n) is 3.97. The molecule has 0 aliphatic carbocycles. The zero-order valence-electron chi connectivity index (χ0n) is 23.6. The molecule has 1 unspecified atom stereocenters. The lowest BCUT2D eigenvalue weighted by atomic mass is 10.0. The Morgan fingerprint density at radius 2 is 1.45 bits per heavy atom. The van der Waals surface area contributed by atoms with Gasteiger partial charge in [0.1, 0.15) is 5.70 Å². The minimum absolute atomic E-state index is 0.115. The van der Waals surface area contributed by atoms with E-state index in [1.807, 2.05) is 79.7 Å². The summed E-state index contributed by atoms with van der Waals surface area (Å²) in [7, 11) is 0. The van der Waals surface area contributed by atoms with Crippen LogP contribution in [-0.2, 0) is 9.59 Å². The summed E-state index contributed by atoms with van der Waals surface area (Å²) in [6.07, 6.45) is 1.66. The van der Waals surface area contributed by atoms with Gasteiger partial charge in [0.25, 0.3) is 11.8 Å². The molecule has 3 N–H and O–H groups in total. The first-order valence-corrected chi connectivity index (χ1v) is 15.5. The predicted molar refractivity (Wildman–Crippen MR) is 181 cm³/mol. The van der Waals surface area contributed by atoms with E-state index in [1.165, 1.54) is 17.3 Å². The highest BCUT2D eigenvalue weighted by Crippen LogP contribution is 2.27. The quantitative estimate of drug-likeness (QED) is 0.0897. The number of halogens is 1. The molecule has 8 heteroatoms. The van der Waals surface area contributed by atoms with Gasteiger partial charge in [-0.2, -0.15) is 0 Å². The Balaban J connectivity index is 1.49. The Kier molecular flexibility index (Phi) is 11.0. The van der Waals surface area contributed by atoms with Crippen LogP contribution in [0.4, 0.5) is 11.4 Å². The first-order valence-electron chi connectivity index (χ1n) is 13.5. The summed E-state index contributed by atoms with van der Waals surface area (Å²) in [4.78, 5) is 40.0. The van der Waals surface area contributed by atoms with E-state index in [-0.39, 0.29) is 22.8 Å². The summed E-state index contributed by atoms with van der Waals surface area (Å²) in [5, 5.41) is 8.24. The van der Waals surface area contributed by atoms with Crippen molar-refractivity contribution in [3.8, 4) is 0 Å². The molecule has 214 valence electrons. The monoisotopic (exact) mass is 689 g/mol. The van der Waals surface area contributed by atoms with Crippen LogP contribution in [0.1, 0.15) is 48.2 Å². The molecular formula is C34H32IN3O3S. The number of amides is 3. The molecule has 0 radical (unpaired) electrons. The van der Waals surface area contributed by atoms with E-state index in [0.717, 1.165) is 19.7 Å². The summed E-state index contributed by atoms with van der Waals surface area (Å²) in [6, 6.07) is 31.5. The van der Waals surface area contributed by atoms with Gasteiger partial charge < -0.3 is 16.0 Å². The molecule has 0 aromatic heterocycles. The Labute approximate surface area is 264 Å². The molecule has 1 atom stereocenters. The molecule has 0 spiro atoms. The molecule has 4 rings (SSSR count). The number of benzene rings is 4. The molecule has 0 bridgehead atoms. The topological polar surface area (TPSA) is 87.3 Å². The van der Waals surface area contributed by atoms with Crippen LogP contribution in [0, 0.1) is 3.57 Å². The average molecular weight is 690 g/mol. The number of hydrogen-bond donors (Lipinski definition) is 3. The highest BCUT2D eigenvalue weighted by molar-refractivity contribution is 14.1. The van der Waals surface area contributed by atoms with E-state index in [2.05, 4.69) is 52.4 Å². The maximum atomic E-state index is 13.5. The van der Waals surface area contributed by atoms with Crippen LogP contribution in [0.5, 0.6) is 0 Å². The van der Waals surface area contributed by atoms with E-state index < -0.39 is 5.91 Å². The molecular weight excluding hydrogens is 657 g/mol. The molecule has 0 aliphatic rings. The van der Waals surface area contributed by atoms with E-state index in [0.29, 0.717) is 17.2 Å². The Morgan fingerprint density at radius 1 is 0.762 bits per heavy atom. The summed E-state index contributed by atoms with van der Waals surface area (Å²) in [6.45, 7) is 6.07. The Morgan fingerprint density at radius 3 is 2.12 bits per heavy atom. The number of nitrogens with one attached hydrogen (secondary N) is 3. The van der Waals surface area contributed by atoms with Gasteiger partial charge in [-0.15, -0.1) is 11.8 Å². The van der Waals surface area contributed by atoms with Gasteiger partial charge in [0.05, 0.1) is 5.25 Å². The van der Waals surface area contributed by atoms with Crippen molar-refractivity contribution < 1.29 is 14.4 Å². The number of rotatable bonds is 10.